The predicted octanol–water partition coefficient (Wildman–Crippen LogP) is 6.43. The summed E-state index contributed by atoms with van der Waals surface area (Å²) in [6, 6.07) is 17.7. The monoisotopic (exact) mass is 577 g/mol. The number of nitrogens with zero attached hydrogens (tertiary/aromatic N) is 1. The summed E-state index contributed by atoms with van der Waals surface area (Å²) in [5, 5.41) is 16.0. The number of carbonyl (C=O) groups is 3. The van der Waals surface area contributed by atoms with E-state index >= 15 is 0 Å². The van der Waals surface area contributed by atoms with Crippen LogP contribution < -0.4 is 15.4 Å². The molecular formula is C30H28ClN3O7. The average molecular weight is 578 g/mol. The second-order valence-electron chi connectivity index (χ2n) is 8.85. The second-order valence-corrected chi connectivity index (χ2v) is 9.23. The summed E-state index contributed by atoms with van der Waals surface area (Å²) in [4.78, 5) is 37.9. The highest BCUT2D eigenvalue weighted by atomic mass is 35.5. The van der Waals surface area contributed by atoms with Crippen LogP contribution in [0.1, 0.15) is 33.3 Å². The van der Waals surface area contributed by atoms with E-state index in [-0.39, 0.29) is 34.5 Å². The van der Waals surface area contributed by atoms with Gasteiger partial charge in [-0.3, -0.25) is 4.57 Å². The van der Waals surface area contributed by atoms with Crippen molar-refractivity contribution in [3.8, 4) is 28.3 Å². The fraction of sp³-hybridized carbons (Fsp3) is 0.167. The number of para-hydroxylation sites is 1. The van der Waals surface area contributed by atoms with Crippen molar-refractivity contribution in [2.75, 3.05) is 31.5 Å². The molecule has 1 heterocycles. The third kappa shape index (κ3) is 6.28. The molecule has 0 bridgehead atoms. The number of urea groups is 1. The van der Waals surface area contributed by atoms with Crippen molar-refractivity contribution in [3.63, 3.8) is 0 Å². The van der Waals surface area contributed by atoms with E-state index in [9.17, 15) is 19.5 Å². The number of ether oxygens (including phenoxy) is 3. The molecule has 11 heteroatoms. The Morgan fingerprint density at radius 3 is 2.34 bits per heavy atom. The molecule has 0 aliphatic heterocycles. The van der Waals surface area contributed by atoms with Gasteiger partial charge in [-0.15, -0.1) is 0 Å². The number of aromatic hydroxyl groups is 1. The van der Waals surface area contributed by atoms with E-state index in [1.54, 1.807) is 68.4 Å². The van der Waals surface area contributed by atoms with Crippen LogP contribution in [0.15, 0.2) is 66.7 Å². The number of carbonyl (C=O) groups excluding carboxylic acids is 3. The molecule has 0 radical (unpaired) electrons. The Morgan fingerprint density at radius 2 is 1.68 bits per heavy atom. The highest BCUT2D eigenvalue weighted by Crippen LogP contribution is 2.38. The van der Waals surface area contributed by atoms with Crippen molar-refractivity contribution in [3.05, 3.63) is 88.7 Å². The number of hydrogen-bond acceptors (Lipinski definition) is 7. The zero-order valence-electron chi connectivity index (χ0n) is 22.8. The molecule has 0 atom stereocenters. The molecule has 0 aliphatic carbocycles. The van der Waals surface area contributed by atoms with Gasteiger partial charge in [0.05, 0.1) is 32.1 Å². The standard InChI is InChI=1S/C30H28ClN3O7/c1-5-41-29(37)26-23(33-30(38)32-20-14-17(2)13-19(15-20)28(36)40-4)16-25(31)34(26)21-11-9-18(10-12-21)22-7-6-8-24(39-3)27(22)35/h6-16,35H,5H2,1-4H3,(H2,32,33,38). The molecule has 1 aromatic heterocycles. The van der Waals surface area contributed by atoms with Gasteiger partial charge in [-0.2, -0.15) is 0 Å². The number of hydrogen-bond donors (Lipinski definition) is 3. The number of phenolic OH excluding ortho intramolecular Hbond substituents is 1. The number of esters is 2. The van der Waals surface area contributed by atoms with E-state index < -0.39 is 18.0 Å². The van der Waals surface area contributed by atoms with Crippen LogP contribution in [0.25, 0.3) is 16.8 Å². The maximum atomic E-state index is 13.0. The number of aryl methyl sites for hydroxylation is 1. The lowest BCUT2D eigenvalue weighted by Gasteiger charge is -2.14. The minimum absolute atomic E-state index is 0.00113. The number of anilines is 2. The van der Waals surface area contributed by atoms with E-state index in [1.165, 1.54) is 30.9 Å². The second kappa shape index (κ2) is 12.5. The van der Waals surface area contributed by atoms with E-state index in [2.05, 4.69) is 10.6 Å². The van der Waals surface area contributed by atoms with Crippen LogP contribution in [0.4, 0.5) is 16.2 Å². The topological polar surface area (TPSA) is 128 Å². The molecular weight excluding hydrogens is 550 g/mol. The molecule has 3 N–H and O–H groups in total. The molecule has 0 aliphatic rings. The first-order valence-electron chi connectivity index (χ1n) is 12.5. The number of amides is 2. The zero-order valence-corrected chi connectivity index (χ0v) is 23.5. The molecule has 0 spiro atoms. The minimum Gasteiger partial charge on any atom is -0.504 e. The molecule has 0 unspecified atom stereocenters. The maximum absolute atomic E-state index is 13.0. The Bertz CT molecular complexity index is 1610. The van der Waals surface area contributed by atoms with Gasteiger partial charge >= 0.3 is 18.0 Å². The van der Waals surface area contributed by atoms with Crippen molar-refractivity contribution in [1.29, 1.82) is 0 Å². The van der Waals surface area contributed by atoms with Crippen LogP contribution in [-0.2, 0) is 9.47 Å². The summed E-state index contributed by atoms with van der Waals surface area (Å²) in [5.41, 5.74) is 3.25. The molecule has 0 fully saturated rings. The van der Waals surface area contributed by atoms with E-state index in [0.717, 1.165) is 5.56 Å². The Kier molecular flexibility index (Phi) is 8.84. The summed E-state index contributed by atoms with van der Waals surface area (Å²) in [7, 11) is 2.74. The Balaban J connectivity index is 1.66. The van der Waals surface area contributed by atoms with Crippen molar-refractivity contribution in [2.24, 2.45) is 0 Å². The molecule has 212 valence electrons. The normalized spacial score (nSPS) is 10.6. The number of halogens is 1. The average Bonchev–Trinajstić information content (AvgIpc) is 3.27. The molecule has 3 aromatic carbocycles. The van der Waals surface area contributed by atoms with Crippen molar-refractivity contribution >= 4 is 40.9 Å². The van der Waals surface area contributed by atoms with Gasteiger partial charge in [0.15, 0.2) is 17.2 Å². The molecule has 0 saturated heterocycles. The van der Waals surface area contributed by atoms with Gasteiger partial charge in [0.2, 0.25) is 0 Å². The third-order valence-corrected chi connectivity index (χ3v) is 6.36. The quantitative estimate of drug-likeness (QED) is 0.206. The van der Waals surface area contributed by atoms with E-state index in [1.807, 2.05) is 0 Å². The number of aromatic nitrogens is 1. The first-order valence-corrected chi connectivity index (χ1v) is 12.9. The molecule has 10 nitrogen and oxygen atoms in total. The molecule has 4 rings (SSSR count). The summed E-state index contributed by atoms with van der Waals surface area (Å²) >= 11 is 6.56. The van der Waals surface area contributed by atoms with Gasteiger partial charge < -0.3 is 30.0 Å². The first kappa shape index (κ1) is 29.0. The predicted molar refractivity (Wildman–Crippen MR) is 156 cm³/mol. The lowest BCUT2D eigenvalue weighted by molar-refractivity contribution is 0.0517. The number of methoxy groups -OCH3 is 2. The largest absolute Gasteiger partial charge is 0.504 e. The first-order chi connectivity index (χ1) is 19.7. The van der Waals surface area contributed by atoms with Crippen LogP contribution in [0.3, 0.4) is 0 Å². The van der Waals surface area contributed by atoms with Crippen LogP contribution >= 0.6 is 11.6 Å². The molecule has 0 saturated carbocycles. The van der Waals surface area contributed by atoms with E-state index in [4.69, 9.17) is 25.8 Å². The lowest BCUT2D eigenvalue weighted by Crippen LogP contribution is -2.22. The van der Waals surface area contributed by atoms with Gasteiger partial charge in [-0.1, -0.05) is 35.9 Å². The van der Waals surface area contributed by atoms with Crippen molar-refractivity contribution < 1.29 is 33.7 Å². The van der Waals surface area contributed by atoms with Crippen LogP contribution in [0.5, 0.6) is 11.5 Å². The summed E-state index contributed by atoms with van der Waals surface area (Å²) in [5.74, 6) is -0.907. The lowest BCUT2D eigenvalue weighted by atomic mass is 10.0. The van der Waals surface area contributed by atoms with Crippen LogP contribution in [-0.4, -0.2) is 48.5 Å². The van der Waals surface area contributed by atoms with Crippen LogP contribution in [0.2, 0.25) is 5.15 Å². The summed E-state index contributed by atoms with van der Waals surface area (Å²) in [6.07, 6.45) is 0. The Hall–Kier alpha value is -4.96. The number of phenols is 1. The smallest absolute Gasteiger partial charge is 0.357 e. The summed E-state index contributed by atoms with van der Waals surface area (Å²) in [6.45, 7) is 3.54. The van der Waals surface area contributed by atoms with Gasteiger partial charge in [-0.25, -0.2) is 14.4 Å². The Morgan fingerprint density at radius 1 is 0.951 bits per heavy atom. The minimum atomic E-state index is -0.701. The molecule has 2 amide bonds. The van der Waals surface area contributed by atoms with Crippen LogP contribution in [0, 0.1) is 6.92 Å². The SMILES string of the molecule is CCOC(=O)c1c(NC(=O)Nc2cc(C)cc(C(=O)OC)c2)cc(Cl)n1-c1ccc(-c2cccc(OC)c2O)cc1. The van der Waals surface area contributed by atoms with Gasteiger partial charge in [0, 0.05) is 23.0 Å². The highest BCUT2D eigenvalue weighted by molar-refractivity contribution is 6.31. The number of nitrogens with one attached hydrogen (secondary N) is 2. The molecule has 41 heavy (non-hydrogen) atoms. The number of benzene rings is 3. The molecule has 4 aromatic rings. The van der Waals surface area contributed by atoms with Gasteiger partial charge in [0.1, 0.15) is 5.15 Å². The maximum Gasteiger partial charge on any atom is 0.357 e. The highest BCUT2D eigenvalue weighted by Gasteiger charge is 2.25. The summed E-state index contributed by atoms with van der Waals surface area (Å²) < 4.78 is 16.7. The fourth-order valence-electron chi connectivity index (χ4n) is 4.31. The van der Waals surface area contributed by atoms with Gasteiger partial charge in [-0.05, 0) is 61.4 Å². The number of rotatable bonds is 8. The van der Waals surface area contributed by atoms with Crippen molar-refractivity contribution in [2.45, 2.75) is 13.8 Å². The van der Waals surface area contributed by atoms with Crippen molar-refractivity contribution in [1.82, 2.24) is 4.57 Å². The zero-order chi connectivity index (χ0) is 29.7. The van der Waals surface area contributed by atoms with E-state index in [0.29, 0.717) is 28.3 Å². The van der Waals surface area contributed by atoms with Gasteiger partial charge in [0.25, 0.3) is 0 Å². The Labute approximate surface area is 241 Å². The third-order valence-electron chi connectivity index (χ3n) is 6.08. The fourth-order valence-corrected chi connectivity index (χ4v) is 4.60.